The van der Waals surface area contributed by atoms with Gasteiger partial charge in [-0.2, -0.15) is 10.1 Å². The first-order valence-corrected chi connectivity index (χ1v) is 11.3. The van der Waals surface area contributed by atoms with Gasteiger partial charge < -0.3 is 10.6 Å². The molecule has 3 aromatic heterocycles. The predicted octanol–water partition coefficient (Wildman–Crippen LogP) is 3.98. The van der Waals surface area contributed by atoms with Gasteiger partial charge in [-0.05, 0) is 54.2 Å². The van der Waals surface area contributed by atoms with E-state index in [0.29, 0.717) is 44.7 Å². The van der Waals surface area contributed by atoms with Crippen LogP contribution < -0.4 is 10.6 Å². The van der Waals surface area contributed by atoms with Gasteiger partial charge in [0.05, 0.1) is 11.1 Å². The Balaban J connectivity index is 1.46. The van der Waals surface area contributed by atoms with E-state index in [1.165, 1.54) is 6.07 Å². The number of anilines is 1. The summed E-state index contributed by atoms with van der Waals surface area (Å²) in [6.45, 7) is 2.56. The molecule has 0 radical (unpaired) electrons. The zero-order chi connectivity index (χ0) is 22.2. The van der Waals surface area contributed by atoms with E-state index < -0.39 is 5.82 Å². The molecule has 3 heterocycles. The number of pyridine rings is 1. The van der Waals surface area contributed by atoms with Crippen LogP contribution in [0.4, 0.5) is 10.3 Å². The molecule has 1 fully saturated rings. The standard InChI is InChI=1S/C22H21BrFN7O/c1-2-25-21(32)13-5-6-14(8-13)28-22-27-11-16-19(23)30-31(20(16)29-22)15-9-12-4-3-7-26-18(12)17(24)10-15/h3-4,7,9-11,13-14H,2,5-6,8H2,1H3,(H,25,32)(H,27,28,29)/t13-,14-/m1/s1. The summed E-state index contributed by atoms with van der Waals surface area (Å²) in [7, 11) is 0. The van der Waals surface area contributed by atoms with Crippen molar-refractivity contribution in [3.05, 3.63) is 47.1 Å². The van der Waals surface area contributed by atoms with E-state index in [2.05, 4.69) is 46.6 Å². The van der Waals surface area contributed by atoms with Gasteiger partial charge in [-0.1, -0.05) is 6.07 Å². The van der Waals surface area contributed by atoms with Crippen molar-refractivity contribution in [1.29, 1.82) is 0 Å². The Morgan fingerprint density at radius 1 is 1.31 bits per heavy atom. The van der Waals surface area contributed by atoms with Crippen LogP contribution in [0.3, 0.4) is 0 Å². The Kier molecular flexibility index (Phi) is 5.46. The van der Waals surface area contributed by atoms with E-state index in [1.807, 2.05) is 19.1 Å². The molecule has 32 heavy (non-hydrogen) atoms. The number of halogens is 2. The van der Waals surface area contributed by atoms with Gasteiger partial charge in [0, 0.05) is 42.4 Å². The van der Waals surface area contributed by atoms with Crippen molar-refractivity contribution in [2.45, 2.75) is 32.2 Å². The Morgan fingerprint density at radius 2 is 2.19 bits per heavy atom. The maximum Gasteiger partial charge on any atom is 0.224 e. The highest BCUT2D eigenvalue weighted by Crippen LogP contribution is 2.30. The van der Waals surface area contributed by atoms with Crippen LogP contribution in [-0.2, 0) is 4.79 Å². The number of carbonyl (C=O) groups is 1. The molecule has 1 saturated carbocycles. The topological polar surface area (TPSA) is 97.6 Å². The molecule has 0 aliphatic heterocycles. The monoisotopic (exact) mass is 497 g/mol. The van der Waals surface area contributed by atoms with E-state index in [-0.39, 0.29) is 17.9 Å². The van der Waals surface area contributed by atoms with E-state index in [4.69, 9.17) is 0 Å². The molecule has 2 N–H and O–H groups in total. The second-order valence-corrected chi connectivity index (χ2v) is 8.63. The molecule has 164 valence electrons. The number of amides is 1. The first kappa shape index (κ1) is 20.7. The van der Waals surface area contributed by atoms with Crippen molar-refractivity contribution in [3.8, 4) is 5.69 Å². The largest absolute Gasteiger partial charge is 0.356 e. The van der Waals surface area contributed by atoms with Crippen LogP contribution in [0, 0.1) is 11.7 Å². The lowest BCUT2D eigenvalue weighted by Crippen LogP contribution is -2.30. The second-order valence-electron chi connectivity index (χ2n) is 7.88. The third-order valence-corrected chi connectivity index (χ3v) is 6.34. The minimum atomic E-state index is -0.423. The summed E-state index contributed by atoms with van der Waals surface area (Å²) in [5.41, 5.74) is 1.41. The molecule has 5 rings (SSSR count). The third kappa shape index (κ3) is 3.79. The fraction of sp³-hybridized carbons (Fsp3) is 0.318. The number of nitrogens with zero attached hydrogens (tertiary/aromatic N) is 5. The molecular formula is C22H21BrFN7O. The number of benzene rings is 1. The van der Waals surface area contributed by atoms with Crippen molar-refractivity contribution in [1.82, 2.24) is 30.0 Å². The zero-order valence-electron chi connectivity index (χ0n) is 17.3. The molecule has 1 aliphatic carbocycles. The molecule has 1 aromatic carbocycles. The molecular weight excluding hydrogens is 477 g/mol. The van der Waals surface area contributed by atoms with Crippen LogP contribution in [0.2, 0.25) is 0 Å². The highest BCUT2D eigenvalue weighted by Gasteiger charge is 2.30. The summed E-state index contributed by atoms with van der Waals surface area (Å²) in [6, 6.07) is 6.92. The van der Waals surface area contributed by atoms with Crippen LogP contribution in [-0.4, -0.2) is 43.2 Å². The van der Waals surface area contributed by atoms with Crippen molar-refractivity contribution < 1.29 is 9.18 Å². The van der Waals surface area contributed by atoms with Gasteiger partial charge in [-0.25, -0.2) is 14.1 Å². The van der Waals surface area contributed by atoms with Crippen LogP contribution >= 0.6 is 15.9 Å². The van der Waals surface area contributed by atoms with Crippen molar-refractivity contribution in [3.63, 3.8) is 0 Å². The van der Waals surface area contributed by atoms with Gasteiger partial charge in [-0.15, -0.1) is 0 Å². The molecule has 1 amide bonds. The number of fused-ring (bicyclic) bond motifs is 2. The van der Waals surface area contributed by atoms with Crippen LogP contribution in [0.15, 0.2) is 41.3 Å². The van der Waals surface area contributed by atoms with E-state index >= 15 is 0 Å². The van der Waals surface area contributed by atoms with Crippen LogP contribution in [0.5, 0.6) is 0 Å². The molecule has 8 nitrogen and oxygen atoms in total. The maximum absolute atomic E-state index is 14.7. The van der Waals surface area contributed by atoms with Gasteiger partial charge in [0.1, 0.15) is 10.1 Å². The quantitative estimate of drug-likeness (QED) is 0.432. The maximum atomic E-state index is 14.7. The van der Waals surface area contributed by atoms with Gasteiger partial charge in [0.25, 0.3) is 0 Å². The van der Waals surface area contributed by atoms with Crippen molar-refractivity contribution >= 4 is 49.7 Å². The fourth-order valence-corrected chi connectivity index (χ4v) is 4.66. The molecule has 0 bridgehead atoms. The lowest BCUT2D eigenvalue weighted by Gasteiger charge is -2.13. The molecule has 0 spiro atoms. The lowest BCUT2D eigenvalue weighted by molar-refractivity contribution is -0.124. The lowest BCUT2D eigenvalue weighted by atomic mass is 10.1. The number of nitrogens with one attached hydrogen (secondary N) is 2. The molecule has 2 atom stereocenters. The number of carbonyl (C=O) groups excluding carboxylic acids is 1. The number of hydrogen-bond donors (Lipinski definition) is 2. The minimum absolute atomic E-state index is 0.00466. The Bertz CT molecular complexity index is 1320. The summed E-state index contributed by atoms with van der Waals surface area (Å²) in [4.78, 5) is 25.3. The van der Waals surface area contributed by atoms with Gasteiger partial charge in [0.15, 0.2) is 11.5 Å². The summed E-state index contributed by atoms with van der Waals surface area (Å²) >= 11 is 3.45. The summed E-state index contributed by atoms with van der Waals surface area (Å²) in [5, 5.41) is 12.1. The van der Waals surface area contributed by atoms with Gasteiger partial charge in [-0.3, -0.25) is 9.78 Å². The Hall–Kier alpha value is -3.14. The fourth-order valence-electron chi connectivity index (χ4n) is 4.23. The van der Waals surface area contributed by atoms with Crippen LogP contribution in [0.1, 0.15) is 26.2 Å². The highest BCUT2D eigenvalue weighted by molar-refractivity contribution is 9.10. The Morgan fingerprint density at radius 3 is 3.03 bits per heavy atom. The minimum Gasteiger partial charge on any atom is -0.356 e. The van der Waals surface area contributed by atoms with Crippen molar-refractivity contribution in [2.24, 2.45) is 5.92 Å². The smallest absolute Gasteiger partial charge is 0.224 e. The van der Waals surface area contributed by atoms with Crippen LogP contribution in [0.25, 0.3) is 27.6 Å². The number of hydrogen-bond acceptors (Lipinski definition) is 6. The summed E-state index contributed by atoms with van der Waals surface area (Å²) in [5.74, 6) is 0.135. The molecule has 1 aliphatic rings. The van der Waals surface area contributed by atoms with E-state index in [1.54, 1.807) is 23.1 Å². The SMILES string of the molecule is CCNC(=O)[C@@H]1CC[C@@H](Nc2ncc3c(Br)nn(-c4cc(F)c5ncccc5c4)c3n2)C1. The van der Waals surface area contributed by atoms with Gasteiger partial charge >= 0.3 is 0 Å². The molecule has 0 unspecified atom stereocenters. The summed E-state index contributed by atoms with van der Waals surface area (Å²) in [6.07, 6.45) is 5.69. The predicted molar refractivity (Wildman–Crippen MR) is 123 cm³/mol. The van der Waals surface area contributed by atoms with E-state index in [9.17, 15) is 9.18 Å². The average Bonchev–Trinajstić information content (AvgIpc) is 3.38. The normalized spacial score (nSPS) is 18.3. The number of aromatic nitrogens is 5. The first-order chi connectivity index (χ1) is 15.5. The second kappa shape index (κ2) is 8.42. The van der Waals surface area contributed by atoms with Crippen molar-refractivity contribution in [2.75, 3.05) is 11.9 Å². The third-order valence-electron chi connectivity index (χ3n) is 5.75. The number of rotatable bonds is 5. The Labute approximate surface area is 191 Å². The first-order valence-electron chi connectivity index (χ1n) is 10.5. The van der Waals surface area contributed by atoms with E-state index in [0.717, 1.165) is 19.3 Å². The molecule has 0 saturated heterocycles. The highest BCUT2D eigenvalue weighted by atomic mass is 79.9. The zero-order valence-corrected chi connectivity index (χ0v) is 18.9. The van der Waals surface area contributed by atoms with Gasteiger partial charge in [0.2, 0.25) is 11.9 Å². The average molecular weight is 498 g/mol. The molecule has 4 aromatic rings. The summed E-state index contributed by atoms with van der Waals surface area (Å²) < 4.78 is 16.8. The molecule has 10 heteroatoms.